The van der Waals surface area contributed by atoms with E-state index in [9.17, 15) is 9.59 Å². The van der Waals surface area contributed by atoms with E-state index in [-0.39, 0.29) is 17.5 Å². The smallest absolute Gasteiger partial charge is 0.273 e. The second-order valence-corrected chi connectivity index (χ2v) is 9.04. The van der Waals surface area contributed by atoms with Crippen molar-refractivity contribution in [2.75, 3.05) is 4.90 Å². The van der Waals surface area contributed by atoms with E-state index in [2.05, 4.69) is 30.3 Å². The van der Waals surface area contributed by atoms with Crippen molar-refractivity contribution in [3.05, 3.63) is 45.6 Å². The number of nitrogens with one attached hydrogen (secondary N) is 2. The largest absolute Gasteiger partial charge is 0.350 e. The zero-order valence-electron chi connectivity index (χ0n) is 18.8. The fourth-order valence-electron chi connectivity index (χ4n) is 5.61. The third kappa shape index (κ3) is 3.36. The molecule has 3 aromatic rings. The standard InChI is InChI=1S/C23H29N7O2/c1-13-16(14(2)27-20-19(13)22(32)28-29(20)3)12-26-21(31)18-11-15-7-4-5-8-17(15)30(18)23-24-9-6-10-25-23/h6,9-10,15,17-18H,4-5,7-8,11-12H2,1-3H3,(H,26,31)(H,28,32). The highest BCUT2D eigenvalue weighted by atomic mass is 16.2. The molecule has 32 heavy (non-hydrogen) atoms. The summed E-state index contributed by atoms with van der Waals surface area (Å²) in [6.07, 6.45) is 8.90. The van der Waals surface area contributed by atoms with Gasteiger partial charge in [0.1, 0.15) is 6.04 Å². The van der Waals surface area contributed by atoms with Gasteiger partial charge in [-0.05, 0) is 56.2 Å². The Hall–Kier alpha value is -3.23. The van der Waals surface area contributed by atoms with Crippen LogP contribution in [0.5, 0.6) is 0 Å². The predicted octanol–water partition coefficient (Wildman–Crippen LogP) is 2.12. The van der Waals surface area contributed by atoms with Crippen LogP contribution in [0.2, 0.25) is 0 Å². The third-order valence-corrected chi connectivity index (χ3v) is 7.19. The molecule has 3 unspecified atom stereocenters. The van der Waals surface area contributed by atoms with Crippen molar-refractivity contribution in [1.82, 2.24) is 30.0 Å². The van der Waals surface area contributed by atoms with Crippen LogP contribution in [-0.4, -0.2) is 42.7 Å². The van der Waals surface area contributed by atoms with Crippen LogP contribution in [0, 0.1) is 19.8 Å². The Morgan fingerprint density at radius 2 is 1.97 bits per heavy atom. The van der Waals surface area contributed by atoms with Gasteiger partial charge >= 0.3 is 0 Å². The lowest BCUT2D eigenvalue weighted by molar-refractivity contribution is -0.122. The molecule has 3 atom stereocenters. The molecule has 2 fully saturated rings. The molecule has 9 nitrogen and oxygen atoms in total. The number of nitrogens with zero attached hydrogens (tertiary/aromatic N) is 5. The number of H-pyrrole nitrogens is 1. The molecule has 1 saturated heterocycles. The van der Waals surface area contributed by atoms with Crippen molar-refractivity contribution in [2.24, 2.45) is 13.0 Å². The Morgan fingerprint density at radius 3 is 2.75 bits per heavy atom. The van der Waals surface area contributed by atoms with Gasteiger partial charge in [-0.3, -0.25) is 19.4 Å². The molecule has 2 N–H and O–H groups in total. The molecule has 3 aromatic heterocycles. The number of carbonyl (C=O) groups excluding carboxylic acids is 1. The Labute approximate surface area is 186 Å². The molecule has 1 saturated carbocycles. The van der Waals surface area contributed by atoms with Crippen molar-refractivity contribution >= 4 is 22.9 Å². The highest BCUT2D eigenvalue weighted by molar-refractivity contribution is 5.86. The number of amides is 1. The van der Waals surface area contributed by atoms with Crippen LogP contribution in [-0.2, 0) is 18.4 Å². The lowest BCUT2D eigenvalue weighted by atomic mass is 9.85. The summed E-state index contributed by atoms with van der Waals surface area (Å²) in [5.41, 5.74) is 3.03. The van der Waals surface area contributed by atoms with Gasteiger partial charge in [0.25, 0.3) is 5.56 Å². The number of aromatic nitrogens is 5. The zero-order valence-corrected chi connectivity index (χ0v) is 18.8. The Bertz CT molecular complexity index is 1220. The van der Waals surface area contributed by atoms with E-state index in [1.807, 2.05) is 13.8 Å². The minimum absolute atomic E-state index is 0.0206. The molecular formula is C23H29N7O2. The number of hydrogen-bond acceptors (Lipinski definition) is 6. The van der Waals surface area contributed by atoms with Crippen LogP contribution in [0.3, 0.4) is 0 Å². The molecule has 2 aliphatic rings. The maximum Gasteiger partial charge on any atom is 0.273 e. The van der Waals surface area contributed by atoms with E-state index < -0.39 is 0 Å². The van der Waals surface area contributed by atoms with Crippen LogP contribution >= 0.6 is 0 Å². The van der Waals surface area contributed by atoms with Crippen LogP contribution in [0.25, 0.3) is 11.0 Å². The van der Waals surface area contributed by atoms with Crippen LogP contribution in [0.1, 0.15) is 48.9 Å². The second-order valence-electron chi connectivity index (χ2n) is 9.04. The SMILES string of the molecule is Cc1nc2c(c(C)c1CNC(=O)C1CC3CCCCC3N1c1ncccn1)c(=O)[nH]n2C. The summed E-state index contributed by atoms with van der Waals surface area (Å²) in [5, 5.41) is 6.47. The van der Waals surface area contributed by atoms with Crippen LogP contribution < -0.4 is 15.8 Å². The average Bonchev–Trinajstić information content (AvgIpc) is 3.31. The number of fused-ring (bicyclic) bond motifs is 2. The second kappa shape index (κ2) is 8.03. The summed E-state index contributed by atoms with van der Waals surface area (Å²) in [7, 11) is 1.77. The molecule has 0 aromatic carbocycles. The molecule has 0 spiro atoms. The van der Waals surface area contributed by atoms with E-state index in [0.717, 1.165) is 36.1 Å². The topological polar surface area (TPSA) is 109 Å². The maximum absolute atomic E-state index is 13.4. The quantitative estimate of drug-likeness (QED) is 0.650. The number of carbonyl (C=O) groups is 1. The summed E-state index contributed by atoms with van der Waals surface area (Å²) in [4.78, 5) is 41.4. The van der Waals surface area contributed by atoms with Crippen molar-refractivity contribution in [3.8, 4) is 0 Å². The first-order valence-corrected chi connectivity index (χ1v) is 11.3. The fraction of sp³-hybridized carbons (Fsp3) is 0.522. The van der Waals surface area contributed by atoms with Crippen LogP contribution in [0.15, 0.2) is 23.3 Å². The number of aromatic amines is 1. The Kier molecular flexibility index (Phi) is 5.19. The highest BCUT2D eigenvalue weighted by Gasteiger charge is 2.46. The minimum atomic E-state index is -0.289. The molecule has 1 amide bonds. The van der Waals surface area contributed by atoms with Gasteiger partial charge in [-0.15, -0.1) is 0 Å². The molecule has 1 aliphatic heterocycles. The normalized spacial score (nSPS) is 22.8. The molecule has 5 rings (SSSR count). The monoisotopic (exact) mass is 435 g/mol. The average molecular weight is 436 g/mol. The summed E-state index contributed by atoms with van der Waals surface area (Å²) in [6.45, 7) is 4.17. The fourth-order valence-corrected chi connectivity index (χ4v) is 5.61. The van der Waals surface area contributed by atoms with Gasteiger partial charge in [-0.25, -0.2) is 15.0 Å². The summed E-state index contributed by atoms with van der Waals surface area (Å²) >= 11 is 0. The van der Waals surface area contributed by atoms with Crippen molar-refractivity contribution < 1.29 is 4.79 Å². The van der Waals surface area contributed by atoms with Gasteiger partial charge in [-0.1, -0.05) is 12.8 Å². The first-order valence-electron chi connectivity index (χ1n) is 11.3. The zero-order chi connectivity index (χ0) is 22.4. The Morgan fingerprint density at radius 1 is 1.22 bits per heavy atom. The van der Waals surface area contributed by atoms with E-state index in [0.29, 0.717) is 35.5 Å². The lowest BCUT2D eigenvalue weighted by Gasteiger charge is -2.33. The van der Waals surface area contributed by atoms with Gasteiger partial charge in [-0.2, -0.15) is 0 Å². The summed E-state index contributed by atoms with van der Waals surface area (Å²) in [6, 6.07) is 1.82. The van der Waals surface area contributed by atoms with Crippen molar-refractivity contribution in [3.63, 3.8) is 0 Å². The van der Waals surface area contributed by atoms with Gasteiger partial charge in [0.2, 0.25) is 11.9 Å². The van der Waals surface area contributed by atoms with Gasteiger partial charge in [0.05, 0.1) is 5.39 Å². The van der Waals surface area contributed by atoms with Gasteiger partial charge < -0.3 is 10.2 Å². The lowest BCUT2D eigenvalue weighted by Crippen LogP contribution is -2.47. The number of anilines is 1. The van der Waals surface area contributed by atoms with Gasteiger partial charge in [0, 0.05) is 37.7 Å². The first kappa shape index (κ1) is 20.7. The molecule has 168 valence electrons. The molecule has 9 heteroatoms. The van der Waals surface area contributed by atoms with Gasteiger partial charge in [0.15, 0.2) is 5.65 Å². The van der Waals surface area contributed by atoms with E-state index in [1.165, 1.54) is 12.8 Å². The summed E-state index contributed by atoms with van der Waals surface area (Å²) in [5.74, 6) is 1.11. The number of aryl methyl sites for hydroxylation is 3. The van der Waals surface area contributed by atoms with Crippen molar-refractivity contribution in [1.29, 1.82) is 0 Å². The van der Waals surface area contributed by atoms with Crippen molar-refractivity contribution in [2.45, 2.75) is 64.6 Å². The minimum Gasteiger partial charge on any atom is -0.350 e. The van der Waals surface area contributed by atoms with E-state index in [4.69, 9.17) is 0 Å². The van der Waals surface area contributed by atoms with Crippen LogP contribution in [0.4, 0.5) is 5.95 Å². The predicted molar refractivity (Wildman–Crippen MR) is 121 cm³/mol. The van der Waals surface area contributed by atoms with E-state index in [1.54, 1.807) is 30.2 Å². The molecule has 0 radical (unpaired) electrons. The summed E-state index contributed by atoms with van der Waals surface area (Å²) < 4.78 is 1.64. The maximum atomic E-state index is 13.4. The highest BCUT2D eigenvalue weighted by Crippen LogP contribution is 2.41. The molecule has 4 heterocycles. The molecular weight excluding hydrogens is 406 g/mol. The van der Waals surface area contributed by atoms with E-state index >= 15 is 0 Å². The Balaban J connectivity index is 1.41. The first-order chi connectivity index (χ1) is 15.5. The number of rotatable bonds is 4. The molecule has 0 bridgehead atoms. The molecule has 1 aliphatic carbocycles. The number of hydrogen-bond donors (Lipinski definition) is 2. The number of pyridine rings is 1. The third-order valence-electron chi connectivity index (χ3n) is 7.19.